The summed E-state index contributed by atoms with van der Waals surface area (Å²) in [7, 11) is 1.54. The van der Waals surface area contributed by atoms with Crippen LogP contribution in [-0.2, 0) is 0 Å². The number of hydrogen-bond acceptors (Lipinski definition) is 4. The zero-order valence-electron chi connectivity index (χ0n) is 9.79. The molecule has 1 saturated heterocycles. The first kappa shape index (κ1) is 14.5. The van der Waals surface area contributed by atoms with Gasteiger partial charge in [-0.1, -0.05) is 32.9 Å². The number of urea groups is 1. The highest BCUT2D eigenvalue weighted by atomic mass is 35.5. The van der Waals surface area contributed by atoms with Gasteiger partial charge in [0.1, 0.15) is 12.4 Å². The number of halogens is 3. The van der Waals surface area contributed by atoms with Crippen molar-refractivity contribution < 1.29 is 14.0 Å². The summed E-state index contributed by atoms with van der Waals surface area (Å²) >= 11 is 11.9. The Bertz CT molecular complexity index is 463. The molecule has 1 aromatic carbocycles. The number of amides is 2. The summed E-state index contributed by atoms with van der Waals surface area (Å²) in [5.74, 6) is 0.653. The highest BCUT2D eigenvalue weighted by molar-refractivity contribution is 8.00. The number of benzene rings is 1. The first-order valence-electron chi connectivity index (χ1n) is 5.16. The van der Waals surface area contributed by atoms with Crippen molar-refractivity contribution in [3.8, 4) is 5.75 Å². The number of nitrogens with zero attached hydrogens (tertiary/aromatic N) is 3. The molecule has 0 radical (unpaired) electrons. The molecule has 0 aliphatic carbocycles. The van der Waals surface area contributed by atoms with Gasteiger partial charge in [0.05, 0.1) is 7.11 Å². The third kappa shape index (κ3) is 3.17. The van der Waals surface area contributed by atoms with Gasteiger partial charge in [-0.2, -0.15) is 0 Å². The van der Waals surface area contributed by atoms with Crippen LogP contribution in [0, 0.1) is 0 Å². The summed E-state index contributed by atoms with van der Waals surface area (Å²) in [6, 6.07) is 5.90. The highest BCUT2D eigenvalue weighted by Crippen LogP contribution is 2.33. The topological polar surface area (TPSA) is 36.0 Å². The Labute approximate surface area is 123 Å². The quantitative estimate of drug-likeness (QED) is 0.483. The van der Waals surface area contributed by atoms with Crippen molar-refractivity contribution in [2.24, 2.45) is 0 Å². The number of carbonyl (C=O) groups is 1. The SMILES string of the molecule is COc1ccc(N2CN(SC(Cl)Cl)N(F)C2=O)cc1. The van der Waals surface area contributed by atoms with E-state index in [1.54, 1.807) is 31.4 Å². The Kier molecular flexibility index (Phi) is 4.62. The van der Waals surface area contributed by atoms with Gasteiger partial charge in [0.25, 0.3) is 0 Å². The zero-order chi connectivity index (χ0) is 14.0. The van der Waals surface area contributed by atoms with E-state index in [1.807, 2.05) is 0 Å². The molecular weight excluding hydrogens is 316 g/mol. The third-order valence-corrected chi connectivity index (χ3v) is 3.57. The Morgan fingerprint density at radius 1 is 1.37 bits per heavy atom. The van der Waals surface area contributed by atoms with Gasteiger partial charge >= 0.3 is 6.03 Å². The molecule has 1 heterocycles. The second-order valence-corrected chi connectivity index (χ2v) is 6.25. The number of hydrazine groups is 1. The minimum atomic E-state index is -0.859. The molecule has 1 aromatic rings. The molecule has 0 spiro atoms. The predicted octanol–water partition coefficient (Wildman–Crippen LogP) is 3.41. The van der Waals surface area contributed by atoms with Gasteiger partial charge < -0.3 is 4.74 Å². The maximum atomic E-state index is 13.6. The number of methoxy groups -OCH3 is 1. The number of anilines is 1. The molecule has 9 heteroatoms. The van der Waals surface area contributed by atoms with E-state index in [0.29, 0.717) is 11.4 Å². The van der Waals surface area contributed by atoms with Crippen molar-refractivity contribution in [2.75, 3.05) is 18.7 Å². The maximum Gasteiger partial charge on any atom is 0.370 e. The molecule has 0 aromatic heterocycles. The molecule has 0 unspecified atom stereocenters. The molecular formula is C10H10Cl2FN3O2S. The number of ether oxygens (including phenoxy) is 1. The standard InChI is InChI=1S/C10H10Cl2FN3O2S/c1-18-8-4-2-7(3-5-8)14-6-15(19-9(11)12)16(13)10(14)17/h2-5,9H,6H2,1H3. The van der Waals surface area contributed by atoms with Crippen molar-refractivity contribution in [3.05, 3.63) is 24.3 Å². The lowest BCUT2D eigenvalue weighted by molar-refractivity contribution is -0.0290. The van der Waals surface area contributed by atoms with Crippen LogP contribution in [0.25, 0.3) is 0 Å². The van der Waals surface area contributed by atoms with Crippen LogP contribution >= 0.6 is 35.1 Å². The third-order valence-electron chi connectivity index (χ3n) is 2.43. The Morgan fingerprint density at radius 3 is 2.53 bits per heavy atom. The molecule has 0 bridgehead atoms. The van der Waals surface area contributed by atoms with Gasteiger partial charge in [-0.15, -0.1) is 4.41 Å². The smallest absolute Gasteiger partial charge is 0.370 e. The van der Waals surface area contributed by atoms with Crippen LogP contribution in [0.1, 0.15) is 0 Å². The first-order chi connectivity index (χ1) is 9.02. The van der Waals surface area contributed by atoms with E-state index in [0.717, 1.165) is 16.4 Å². The molecule has 19 heavy (non-hydrogen) atoms. The highest BCUT2D eigenvalue weighted by Gasteiger charge is 2.38. The average Bonchev–Trinajstić information content (AvgIpc) is 2.67. The van der Waals surface area contributed by atoms with E-state index >= 15 is 0 Å². The van der Waals surface area contributed by atoms with E-state index in [1.165, 1.54) is 4.90 Å². The summed E-state index contributed by atoms with van der Waals surface area (Å²) in [6.45, 7) is 0.0161. The fourth-order valence-electron chi connectivity index (χ4n) is 1.55. The van der Waals surface area contributed by atoms with Crippen LogP contribution in [-0.4, -0.2) is 33.6 Å². The van der Waals surface area contributed by atoms with Gasteiger partial charge in [0.15, 0.2) is 4.17 Å². The van der Waals surface area contributed by atoms with Crippen molar-refractivity contribution in [2.45, 2.75) is 4.17 Å². The lowest BCUT2D eigenvalue weighted by Crippen LogP contribution is -2.28. The molecule has 104 valence electrons. The fraction of sp³-hybridized carbons (Fsp3) is 0.300. The largest absolute Gasteiger partial charge is 0.497 e. The maximum absolute atomic E-state index is 13.6. The second kappa shape index (κ2) is 6.04. The summed E-state index contributed by atoms with van der Waals surface area (Å²) in [5.41, 5.74) is 0.553. The van der Waals surface area contributed by atoms with E-state index < -0.39 is 10.2 Å². The van der Waals surface area contributed by atoms with Crippen molar-refractivity contribution in [1.29, 1.82) is 0 Å². The molecule has 2 amide bonds. The fourth-order valence-corrected chi connectivity index (χ4v) is 2.62. The molecule has 1 fully saturated rings. The van der Waals surface area contributed by atoms with Crippen LogP contribution in [0.2, 0.25) is 0 Å². The Balaban J connectivity index is 2.14. The van der Waals surface area contributed by atoms with Crippen molar-refractivity contribution in [3.63, 3.8) is 0 Å². The van der Waals surface area contributed by atoms with Crippen molar-refractivity contribution >= 4 is 46.9 Å². The molecule has 0 N–H and O–H groups in total. The summed E-state index contributed by atoms with van der Waals surface area (Å²) in [6.07, 6.45) is 0. The minimum absolute atomic E-state index is 0.0161. The monoisotopic (exact) mass is 325 g/mol. The van der Waals surface area contributed by atoms with E-state index in [-0.39, 0.29) is 11.9 Å². The number of alkyl halides is 2. The molecule has 0 atom stereocenters. The molecule has 5 nitrogen and oxygen atoms in total. The zero-order valence-corrected chi connectivity index (χ0v) is 12.1. The second-order valence-electron chi connectivity index (χ2n) is 3.53. The lowest BCUT2D eigenvalue weighted by Gasteiger charge is -2.16. The van der Waals surface area contributed by atoms with Crippen LogP contribution < -0.4 is 9.64 Å². The summed E-state index contributed by atoms with van der Waals surface area (Å²) in [5, 5.41) is -0.0212. The van der Waals surface area contributed by atoms with E-state index in [2.05, 4.69) is 0 Å². The Morgan fingerprint density at radius 2 is 2.00 bits per heavy atom. The van der Waals surface area contributed by atoms with Crippen LogP contribution in [0.5, 0.6) is 5.75 Å². The summed E-state index contributed by atoms with van der Waals surface area (Å²) in [4.78, 5) is 13.0. The van der Waals surface area contributed by atoms with E-state index in [4.69, 9.17) is 27.9 Å². The van der Waals surface area contributed by atoms with E-state index in [9.17, 15) is 9.28 Å². The van der Waals surface area contributed by atoms with Crippen LogP contribution in [0.3, 0.4) is 0 Å². The van der Waals surface area contributed by atoms with Crippen LogP contribution in [0.4, 0.5) is 15.0 Å². The van der Waals surface area contributed by atoms with Gasteiger partial charge in [-0.25, -0.2) is 4.79 Å². The minimum Gasteiger partial charge on any atom is -0.497 e. The average molecular weight is 326 g/mol. The van der Waals surface area contributed by atoms with Gasteiger partial charge in [0, 0.05) is 5.69 Å². The Hall–Kier alpha value is -0.890. The van der Waals surface area contributed by atoms with Crippen LogP contribution in [0.15, 0.2) is 24.3 Å². The number of carbonyl (C=O) groups excluding carboxylic acids is 1. The predicted molar refractivity (Wildman–Crippen MR) is 73.6 cm³/mol. The first-order valence-corrected chi connectivity index (χ1v) is 6.87. The summed E-state index contributed by atoms with van der Waals surface area (Å²) < 4.78 is 18.8. The normalized spacial score (nSPS) is 16.6. The molecule has 0 saturated carbocycles. The van der Waals surface area contributed by atoms with Gasteiger partial charge in [0.2, 0.25) is 0 Å². The lowest BCUT2D eigenvalue weighted by atomic mass is 10.3. The molecule has 2 rings (SSSR count). The van der Waals surface area contributed by atoms with Gasteiger partial charge in [-0.05, 0) is 36.2 Å². The molecule has 1 aliphatic rings. The number of rotatable bonds is 4. The van der Waals surface area contributed by atoms with Crippen molar-refractivity contribution in [1.82, 2.24) is 9.65 Å². The molecule has 1 aliphatic heterocycles. The van der Waals surface area contributed by atoms with Gasteiger partial charge in [-0.3, -0.25) is 4.90 Å². The number of hydrogen-bond donors (Lipinski definition) is 0.